The van der Waals surface area contributed by atoms with Gasteiger partial charge in [-0.3, -0.25) is 28.8 Å². The van der Waals surface area contributed by atoms with Gasteiger partial charge in [-0.2, -0.15) is 0 Å². The Balaban J connectivity index is 4.30. The van der Waals surface area contributed by atoms with E-state index in [4.69, 9.17) is 32.7 Å². The molecule has 41 heavy (non-hydrogen) atoms. The van der Waals surface area contributed by atoms with Crippen molar-refractivity contribution in [3.8, 4) is 0 Å². The van der Waals surface area contributed by atoms with Crippen LogP contribution in [0.25, 0.3) is 0 Å². The Bertz CT molecular complexity index is 802. The maximum Gasteiger partial charge on any atom is 0.306 e. The molecule has 0 aliphatic rings. The molecule has 13 nitrogen and oxygen atoms in total. The van der Waals surface area contributed by atoms with E-state index < -0.39 is 11.9 Å². The van der Waals surface area contributed by atoms with Gasteiger partial charge in [0.05, 0.1) is 31.1 Å². The summed E-state index contributed by atoms with van der Waals surface area (Å²) in [5.41, 5.74) is 0. The Morgan fingerprint density at radius 3 is 1.93 bits per heavy atom. The zero-order valence-corrected chi connectivity index (χ0v) is 26.2. The van der Waals surface area contributed by atoms with Gasteiger partial charge in [-0.1, -0.05) is 28.8 Å². The lowest BCUT2D eigenvalue weighted by Crippen LogP contribution is -2.43. The number of ketones is 1. The van der Waals surface area contributed by atoms with E-state index in [1.165, 1.54) is 4.90 Å². The molecular weight excluding hydrogens is 651 g/mol. The van der Waals surface area contributed by atoms with Crippen LogP contribution in [0.5, 0.6) is 0 Å². The van der Waals surface area contributed by atoms with Crippen molar-refractivity contribution < 1.29 is 43.3 Å². The van der Waals surface area contributed by atoms with Crippen LogP contribution < -0.4 is 16.0 Å². The third kappa shape index (κ3) is 22.3. The van der Waals surface area contributed by atoms with E-state index >= 15 is 0 Å². The van der Waals surface area contributed by atoms with Crippen molar-refractivity contribution in [2.24, 2.45) is 5.92 Å². The Kier molecular flexibility index (Phi) is 24.4. The second-order valence-electron chi connectivity index (χ2n) is 8.87. The molecule has 236 valence electrons. The smallest absolute Gasteiger partial charge is 0.306 e. The van der Waals surface area contributed by atoms with E-state index in [1.54, 1.807) is 0 Å². The van der Waals surface area contributed by atoms with Gasteiger partial charge in [0.25, 0.3) is 0 Å². The van der Waals surface area contributed by atoms with Gasteiger partial charge >= 0.3 is 5.97 Å². The number of hydrogen-bond acceptors (Lipinski definition) is 8. The van der Waals surface area contributed by atoms with Crippen molar-refractivity contribution >= 4 is 74.5 Å². The average Bonchev–Trinajstić information content (AvgIpc) is 2.95. The highest BCUT2D eigenvalue weighted by molar-refractivity contribution is 9.09. The van der Waals surface area contributed by atoms with Crippen LogP contribution in [0.15, 0.2) is 0 Å². The molecule has 0 saturated heterocycles. The van der Waals surface area contributed by atoms with Gasteiger partial charge < -0.3 is 35.4 Å². The molecule has 0 bridgehead atoms. The largest absolute Gasteiger partial charge is 0.481 e. The van der Waals surface area contributed by atoms with E-state index in [2.05, 4.69) is 31.9 Å². The van der Waals surface area contributed by atoms with Crippen LogP contribution in [0.3, 0.4) is 0 Å². The molecule has 0 heterocycles. The highest BCUT2D eigenvalue weighted by Crippen LogP contribution is 2.16. The number of carbonyl (C=O) groups excluding carboxylic acids is 5. The van der Waals surface area contributed by atoms with Crippen LogP contribution in [-0.4, -0.2) is 122 Å². The lowest BCUT2D eigenvalue weighted by Gasteiger charge is -2.23. The molecule has 0 rings (SSSR count). The maximum atomic E-state index is 12.7. The summed E-state index contributed by atoms with van der Waals surface area (Å²) in [6, 6.07) is 0. The van der Waals surface area contributed by atoms with Gasteiger partial charge in [-0.05, 0) is 12.8 Å². The predicted molar refractivity (Wildman–Crippen MR) is 156 cm³/mol. The summed E-state index contributed by atoms with van der Waals surface area (Å²) in [7, 11) is 0. The number of Topliss-reactive ketones (excluding diaryl/α,β-unsaturated/α-hetero) is 1. The molecule has 0 saturated carbocycles. The molecule has 0 aromatic heterocycles. The van der Waals surface area contributed by atoms with Crippen molar-refractivity contribution in [2.45, 2.75) is 38.5 Å². The van der Waals surface area contributed by atoms with Gasteiger partial charge in [0.2, 0.25) is 23.6 Å². The Morgan fingerprint density at radius 1 is 0.780 bits per heavy atom. The first-order valence-corrected chi connectivity index (χ1v) is 15.5. The molecule has 0 spiro atoms. The van der Waals surface area contributed by atoms with Crippen molar-refractivity contribution in [3.63, 3.8) is 0 Å². The fourth-order valence-corrected chi connectivity index (χ4v) is 3.87. The molecule has 1 atom stereocenters. The van der Waals surface area contributed by atoms with Crippen molar-refractivity contribution in [1.82, 2.24) is 20.9 Å². The minimum Gasteiger partial charge on any atom is -0.481 e. The van der Waals surface area contributed by atoms with Crippen molar-refractivity contribution in [3.05, 3.63) is 0 Å². The van der Waals surface area contributed by atoms with Gasteiger partial charge in [-0.15, -0.1) is 23.2 Å². The highest BCUT2D eigenvalue weighted by atomic mass is 79.9. The minimum atomic E-state index is -1.06. The number of unbranched alkanes of at least 4 members (excludes halogenated alkanes) is 2. The number of amides is 4. The summed E-state index contributed by atoms with van der Waals surface area (Å²) < 4.78 is 10.5. The van der Waals surface area contributed by atoms with Gasteiger partial charge in [0.15, 0.2) is 5.78 Å². The summed E-state index contributed by atoms with van der Waals surface area (Å²) in [6.07, 6.45) is 1.98. The molecular formula is C25H41BrCl2N4O9. The molecule has 4 amide bonds. The highest BCUT2D eigenvalue weighted by Gasteiger charge is 2.21. The first-order valence-electron chi connectivity index (χ1n) is 13.3. The lowest BCUT2D eigenvalue weighted by molar-refractivity contribution is -0.144. The summed E-state index contributed by atoms with van der Waals surface area (Å²) in [6.45, 7) is 1.76. The molecule has 0 radical (unpaired) electrons. The Hall–Kier alpha value is -2.00. The second kappa shape index (κ2) is 25.7. The van der Waals surface area contributed by atoms with Crippen molar-refractivity contribution in [2.75, 3.05) is 76.2 Å². The first-order chi connectivity index (χ1) is 19.6. The van der Waals surface area contributed by atoms with E-state index in [-0.39, 0.29) is 112 Å². The fraction of sp³-hybridized carbons (Fsp3) is 0.760. The number of nitrogens with one attached hydrogen (secondary N) is 3. The zero-order chi connectivity index (χ0) is 30.9. The monoisotopic (exact) mass is 690 g/mol. The average molecular weight is 692 g/mol. The van der Waals surface area contributed by atoms with Gasteiger partial charge in [0.1, 0.15) is 18.4 Å². The van der Waals surface area contributed by atoms with Gasteiger partial charge in [-0.25, -0.2) is 0 Å². The summed E-state index contributed by atoms with van der Waals surface area (Å²) in [5.74, 6) is -3.63. The summed E-state index contributed by atoms with van der Waals surface area (Å²) in [5, 5.41) is 17.5. The molecule has 0 aliphatic heterocycles. The van der Waals surface area contributed by atoms with Crippen LogP contribution in [-0.2, 0) is 38.2 Å². The summed E-state index contributed by atoms with van der Waals surface area (Å²) in [4.78, 5) is 71.7. The topological polar surface area (TPSA) is 180 Å². The number of rotatable bonds is 26. The molecule has 0 aromatic carbocycles. The zero-order valence-electron chi connectivity index (χ0n) is 23.1. The van der Waals surface area contributed by atoms with Crippen LogP contribution in [0.4, 0.5) is 0 Å². The molecule has 0 fully saturated rings. The third-order valence-corrected chi connectivity index (χ3v) is 6.59. The van der Waals surface area contributed by atoms with E-state index in [0.717, 1.165) is 0 Å². The number of ether oxygens (including phenoxy) is 2. The van der Waals surface area contributed by atoms with Crippen LogP contribution >= 0.6 is 39.1 Å². The third-order valence-electron chi connectivity index (χ3n) is 5.59. The number of hydrogen-bond donors (Lipinski definition) is 4. The lowest BCUT2D eigenvalue weighted by atomic mass is 9.95. The number of nitrogens with zero attached hydrogens (tertiary/aromatic N) is 1. The quantitative estimate of drug-likeness (QED) is 0.0749. The minimum absolute atomic E-state index is 0.146. The number of aliphatic carboxylic acids is 1. The number of carboxylic acid groups (broad SMARTS) is 1. The molecule has 16 heteroatoms. The number of carbonyl (C=O) groups is 6. The normalized spacial score (nSPS) is 11.4. The predicted octanol–water partition coefficient (Wildman–Crippen LogP) is 0.680. The Labute approximate surface area is 258 Å². The molecule has 0 aliphatic carbocycles. The molecule has 0 unspecified atom stereocenters. The van der Waals surface area contributed by atoms with E-state index in [0.29, 0.717) is 32.4 Å². The fourth-order valence-electron chi connectivity index (χ4n) is 3.48. The van der Waals surface area contributed by atoms with Crippen molar-refractivity contribution in [1.29, 1.82) is 0 Å². The SMILES string of the molecule is O=C(COCCOCCNC(=O)CBr)C[C@@H](CCCCCC(=O)N(CCNC(=O)CCl)CCNC(=O)CCl)C(=O)O. The molecule has 0 aromatic rings. The van der Waals surface area contributed by atoms with Crippen LogP contribution in [0.1, 0.15) is 38.5 Å². The number of halogens is 3. The van der Waals surface area contributed by atoms with E-state index in [9.17, 15) is 33.9 Å². The Morgan fingerprint density at radius 2 is 1.37 bits per heavy atom. The first kappa shape index (κ1) is 39.0. The van der Waals surface area contributed by atoms with E-state index in [1.807, 2.05) is 0 Å². The number of alkyl halides is 3. The van der Waals surface area contributed by atoms with Crippen LogP contribution in [0.2, 0.25) is 0 Å². The van der Waals surface area contributed by atoms with Gasteiger partial charge in [0, 0.05) is 45.6 Å². The summed E-state index contributed by atoms with van der Waals surface area (Å²) >= 11 is 14.0. The standard InChI is InChI=1S/C25H41BrCl2N4O9/c26-15-21(34)31-8-11-40-12-13-41-18-20(33)14-19(25(38)39)4-2-1-3-5-24(37)32(9-6-29-22(35)16-27)10-7-30-23(36)17-28/h19H,1-18H2,(H,29,35)(H,30,36)(H,31,34)(H,38,39)/t19-/m1/s1. The maximum absolute atomic E-state index is 12.7. The number of carboxylic acids is 1. The molecule has 4 N–H and O–H groups in total. The second-order valence-corrected chi connectivity index (χ2v) is 9.97. The van der Waals surface area contributed by atoms with Crippen LogP contribution in [0, 0.1) is 5.92 Å².